The number of thiophene rings is 1. The second kappa shape index (κ2) is 6.91. The largest absolute Gasteiger partial charge is 0.289 e. The number of likely N-dealkylation sites (N-methyl/N-ethyl adjacent to an activating group) is 1. The van der Waals surface area contributed by atoms with Crippen LogP contribution in [0.3, 0.4) is 0 Å². The first-order valence-corrected chi connectivity index (χ1v) is 8.81. The SMILES string of the molecule is CN(NC(=O)CN(C)S(=O)(=O)c1cccs1)c1ccccc1. The molecule has 1 aromatic carbocycles. The number of benzene rings is 1. The van der Waals surface area contributed by atoms with E-state index in [9.17, 15) is 13.2 Å². The summed E-state index contributed by atoms with van der Waals surface area (Å²) in [7, 11) is -0.537. The van der Waals surface area contributed by atoms with Crippen molar-refractivity contribution in [2.24, 2.45) is 0 Å². The number of carbonyl (C=O) groups is 1. The molecule has 0 bridgehead atoms. The Balaban J connectivity index is 1.97. The maximum absolute atomic E-state index is 12.2. The van der Waals surface area contributed by atoms with Crippen LogP contribution in [-0.2, 0) is 14.8 Å². The lowest BCUT2D eigenvalue weighted by molar-refractivity contribution is -0.121. The number of hydrogen-bond acceptors (Lipinski definition) is 5. The number of nitrogens with zero attached hydrogens (tertiary/aromatic N) is 2. The normalized spacial score (nSPS) is 11.4. The lowest BCUT2D eigenvalue weighted by Crippen LogP contribution is -2.45. The summed E-state index contributed by atoms with van der Waals surface area (Å²) >= 11 is 1.12. The number of nitrogens with one attached hydrogen (secondary N) is 1. The molecule has 0 saturated heterocycles. The molecule has 0 fully saturated rings. The third kappa shape index (κ3) is 3.85. The molecule has 1 amide bonds. The summed E-state index contributed by atoms with van der Waals surface area (Å²) < 4.78 is 25.7. The van der Waals surface area contributed by atoms with E-state index in [0.717, 1.165) is 21.3 Å². The summed E-state index contributed by atoms with van der Waals surface area (Å²) in [4.78, 5) is 12.0. The van der Waals surface area contributed by atoms with Crippen LogP contribution >= 0.6 is 11.3 Å². The number of carbonyl (C=O) groups excluding carboxylic acids is 1. The van der Waals surface area contributed by atoms with Gasteiger partial charge in [0.1, 0.15) is 4.21 Å². The standard InChI is InChI=1S/C14H17N3O3S2/c1-16(22(19,20)14-9-6-10-21-14)11-13(18)15-17(2)12-7-4-3-5-8-12/h3-10H,11H2,1-2H3,(H,15,18). The Kier molecular flexibility index (Phi) is 5.17. The van der Waals surface area contributed by atoms with E-state index in [1.54, 1.807) is 23.5 Å². The van der Waals surface area contributed by atoms with Gasteiger partial charge in [-0.1, -0.05) is 24.3 Å². The van der Waals surface area contributed by atoms with Crippen molar-refractivity contribution in [2.45, 2.75) is 4.21 Å². The van der Waals surface area contributed by atoms with E-state index >= 15 is 0 Å². The summed E-state index contributed by atoms with van der Waals surface area (Å²) in [5.74, 6) is -0.408. The van der Waals surface area contributed by atoms with Gasteiger partial charge < -0.3 is 0 Å². The van der Waals surface area contributed by atoms with Crippen LogP contribution in [0.5, 0.6) is 0 Å². The molecule has 8 heteroatoms. The summed E-state index contributed by atoms with van der Waals surface area (Å²) in [6, 6.07) is 12.4. The number of para-hydroxylation sites is 1. The molecule has 0 saturated carbocycles. The van der Waals surface area contributed by atoms with Crippen LogP contribution in [0.1, 0.15) is 0 Å². The summed E-state index contributed by atoms with van der Waals surface area (Å²) in [6.45, 7) is -0.253. The zero-order valence-electron chi connectivity index (χ0n) is 12.3. The Bertz CT molecular complexity index is 715. The van der Waals surface area contributed by atoms with Crippen LogP contribution in [0.15, 0.2) is 52.1 Å². The predicted octanol–water partition coefficient (Wildman–Crippen LogP) is 1.54. The minimum atomic E-state index is -3.62. The van der Waals surface area contributed by atoms with Gasteiger partial charge in [0.25, 0.3) is 15.9 Å². The zero-order valence-corrected chi connectivity index (χ0v) is 13.9. The van der Waals surface area contributed by atoms with Crippen LogP contribution in [-0.4, -0.2) is 39.3 Å². The fraction of sp³-hybridized carbons (Fsp3) is 0.214. The highest BCUT2D eigenvalue weighted by Crippen LogP contribution is 2.19. The minimum Gasteiger partial charge on any atom is -0.289 e. The Hall–Kier alpha value is -1.90. The Morgan fingerprint density at radius 2 is 1.82 bits per heavy atom. The van der Waals surface area contributed by atoms with Gasteiger partial charge in [-0.15, -0.1) is 11.3 Å². The van der Waals surface area contributed by atoms with Gasteiger partial charge >= 0.3 is 0 Å². The van der Waals surface area contributed by atoms with Gasteiger partial charge in [-0.2, -0.15) is 4.31 Å². The molecule has 2 rings (SSSR count). The molecule has 0 radical (unpaired) electrons. The molecule has 0 aliphatic rings. The summed E-state index contributed by atoms with van der Waals surface area (Å²) in [6.07, 6.45) is 0. The Morgan fingerprint density at radius 1 is 1.14 bits per heavy atom. The van der Waals surface area contributed by atoms with Gasteiger partial charge in [-0.25, -0.2) is 8.42 Å². The third-order valence-corrected chi connectivity index (χ3v) is 6.14. The molecule has 0 spiro atoms. The number of hydrazine groups is 1. The molecule has 1 heterocycles. The average molecular weight is 339 g/mol. The lowest BCUT2D eigenvalue weighted by Gasteiger charge is -2.22. The summed E-state index contributed by atoms with van der Waals surface area (Å²) in [5, 5.41) is 3.23. The van der Waals surface area contributed by atoms with Crippen molar-refractivity contribution in [1.29, 1.82) is 0 Å². The van der Waals surface area contributed by atoms with E-state index in [-0.39, 0.29) is 10.8 Å². The van der Waals surface area contributed by atoms with Crippen molar-refractivity contribution in [2.75, 3.05) is 25.6 Å². The molecule has 22 heavy (non-hydrogen) atoms. The van der Waals surface area contributed by atoms with E-state index in [1.807, 2.05) is 30.3 Å². The van der Waals surface area contributed by atoms with E-state index in [1.165, 1.54) is 13.1 Å². The van der Waals surface area contributed by atoms with Crippen LogP contribution in [0, 0.1) is 0 Å². The third-order valence-electron chi connectivity index (χ3n) is 2.96. The minimum absolute atomic E-state index is 0.221. The smallest absolute Gasteiger partial charge is 0.253 e. The van der Waals surface area contributed by atoms with E-state index in [4.69, 9.17) is 0 Å². The second-order valence-corrected chi connectivity index (χ2v) is 7.84. The van der Waals surface area contributed by atoms with E-state index in [0.29, 0.717) is 0 Å². The number of amides is 1. The fourth-order valence-corrected chi connectivity index (χ4v) is 4.12. The Morgan fingerprint density at radius 3 is 2.41 bits per heavy atom. The molecule has 2 aromatic rings. The second-order valence-electron chi connectivity index (χ2n) is 4.62. The topological polar surface area (TPSA) is 69.7 Å². The van der Waals surface area contributed by atoms with Gasteiger partial charge in [0.2, 0.25) is 0 Å². The first-order valence-electron chi connectivity index (χ1n) is 6.49. The zero-order chi connectivity index (χ0) is 16.2. The van der Waals surface area contributed by atoms with E-state index in [2.05, 4.69) is 5.43 Å². The average Bonchev–Trinajstić information content (AvgIpc) is 3.02. The highest BCUT2D eigenvalue weighted by molar-refractivity contribution is 7.91. The fourth-order valence-electron chi connectivity index (χ4n) is 1.79. The highest BCUT2D eigenvalue weighted by atomic mass is 32.2. The van der Waals surface area contributed by atoms with Gasteiger partial charge in [-0.3, -0.25) is 15.2 Å². The van der Waals surface area contributed by atoms with Crippen LogP contribution in [0.2, 0.25) is 0 Å². The van der Waals surface area contributed by atoms with Gasteiger partial charge in [-0.05, 0) is 23.6 Å². The van der Waals surface area contributed by atoms with Crippen molar-refractivity contribution < 1.29 is 13.2 Å². The maximum Gasteiger partial charge on any atom is 0.253 e. The molecule has 0 atom stereocenters. The summed E-state index contributed by atoms with van der Waals surface area (Å²) in [5.41, 5.74) is 3.44. The van der Waals surface area contributed by atoms with Gasteiger partial charge in [0.15, 0.2) is 0 Å². The van der Waals surface area contributed by atoms with Crippen LogP contribution in [0.4, 0.5) is 5.69 Å². The Labute approximate surface area is 134 Å². The van der Waals surface area contributed by atoms with Crippen molar-refractivity contribution in [3.05, 3.63) is 47.8 Å². The number of anilines is 1. The lowest BCUT2D eigenvalue weighted by atomic mass is 10.3. The first-order chi connectivity index (χ1) is 10.4. The molecule has 6 nitrogen and oxygen atoms in total. The van der Waals surface area contributed by atoms with Crippen molar-refractivity contribution in [3.63, 3.8) is 0 Å². The van der Waals surface area contributed by atoms with Crippen LogP contribution < -0.4 is 10.4 Å². The number of rotatable bonds is 6. The first kappa shape index (κ1) is 16.5. The molecular formula is C14H17N3O3S2. The molecule has 118 valence electrons. The molecule has 1 N–H and O–H groups in total. The maximum atomic E-state index is 12.2. The van der Waals surface area contributed by atoms with Gasteiger partial charge in [0.05, 0.1) is 12.2 Å². The quantitative estimate of drug-likeness (QED) is 0.811. The van der Waals surface area contributed by atoms with Crippen molar-refractivity contribution >= 4 is 33.0 Å². The monoisotopic (exact) mass is 339 g/mol. The highest BCUT2D eigenvalue weighted by Gasteiger charge is 2.24. The molecule has 1 aromatic heterocycles. The molecule has 0 unspecified atom stereocenters. The number of hydrogen-bond donors (Lipinski definition) is 1. The van der Waals surface area contributed by atoms with Gasteiger partial charge in [0, 0.05) is 14.1 Å². The predicted molar refractivity (Wildman–Crippen MR) is 87.1 cm³/mol. The van der Waals surface area contributed by atoms with Crippen molar-refractivity contribution in [1.82, 2.24) is 9.73 Å². The van der Waals surface area contributed by atoms with Crippen molar-refractivity contribution in [3.8, 4) is 0 Å². The van der Waals surface area contributed by atoms with E-state index < -0.39 is 15.9 Å². The van der Waals surface area contributed by atoms with Crippen LogP contribution in [0.25, 0.3) is 0 Å². The molecule has 0 aliphatic carbocycles. The molecule has 0 aliphatic heterocycles. The molecular weight excluding hydrogens is 322 g/mol. The number of sulfonamides is 1.